The molecule has 1 amide bonds. The fraction of sp³-hybridized carbons (Fsp3) is 0.647. The minimum Gasteiger partial charge on any atom is -0.468 e. The lowest BCUT2D eigenvalue weighted by atomic mass is 9.86. The highest BCUT2D eigenvalue weighted by atomic mass is 16.5. The van der Waals surface area contributed by atoms with Gasteiger partial charge < -0.3 is 18.8 Å². The van der Waals surface area contributed by atoms with Gasteiger partial charge in [-0.2, -0.15) is 0 Å². The molecule has 23 heavy (non-hydrogen) atoms. The Morgan fingerprint density at radius 1 is 1.35 bits per heavy atom. The fourth-order valence-corrected chi connectivity index (χ4v) is 3.49. The summed E-state index contributed by atoms with van der Waals surface area (Å²) in [6.07, 6.45) is 5.94. The third-order valence-electron chi connectivity index (χ3n) is 4.81. The molecule has 0 spiro atoms. The molecule has 6 nitrogen and oxygen atoms in total. The second kappa shape index (κ2) is 6.35. The van der Waals surface area contributed by atoms with Crippen molar-refractivity contribution in [1.29, 1.82) is 0 Å². The normalized spacial score (nSPS) is 24.5. The first-order valence-electron chi connectivity index (χ1n) is 8.11. The Morgan fingerprint density at radius 2 is 2.13 bits per heavy atom. The Kier molecular flexibility index (Phi) is 4.43. The van der Waals surface area contributed by atoms with Gasteiger partial charge in [0.25, 0.3) is 5.91 Å². The van der Waals surface area contributed by atoms with Crippen molar-refractivity contribution < 1.29 is 23.5 Å². The molecule has 1 aliphatic carbocycles. The van der Waals surface area contributed by atoms with E-state index < -0.39 is 11.5 Å². The number of furan rings is 1. The van der Waals surface area contributed by atoms with Crippen LogP contribution in [-0.2, 0) is 14.3 Å². The number of amides is 1. The summed E-state index contributed by atoms with van der Waals surface area (Å²) in [6.45, 7) is 0.661. The van der Waals surface area contributed by atoms with E-state index in [0.717, 1.165) is 31.4 Å². The number of carbonyl (C=O) groups is 2. The van der Waals surface area contributed by atoms with E-state index >= 15 is 0 Å². The van der Waals surface area contributed by atoms with Gasteiger partial charge in [-0.1, -0.05) is 0 Å². The number of methoxy groups -OCH3 is 2. The average molecular weight is 321 g/mol. The van der Waals surface area contributed by atoms with Gasteiger partial charge in [0.1, 0.15) is 5.76 Å². The van der Waals surface area contributed by atoms with Crippen LogP contribution in [0.15, 0.2) is 16.7 Å². The molecule has 1 aliphatic heterocycles. The van der Waals surface area contributed by atoms with Crippen molar-refractivity contribution in [2.45, 2.75) is 43.6 Å². The predicted molar refractivity (Wildman–Crippen MR) is 82.2 cm³/mol. The SMILES string of the molecule is COCC1(C(=O)OC)CCCCN1C(=O)c1ccoc1C1CC1. The lowest BCUT2D eigenvalue weighted by Crippen LogP contribution is -2.62. The first-order valence-corrected chi connectivity index (χ1v) is 8.11. The molecule has 1 saturated carbocycles. The molecule has 0 aromatic carbocycles. The second-order valence-electron chi connectivity index (χ2n) is 6.34. The van der Waals surface area contributed by atoms with Crippen molar-refractivity contribution in [2.24, 2.45) is 0 Å². The molecular formula is C17H23NO5. The Bertz CT molecular complexity index is 588. The summed E-state index contributed by atoms with van der Waals surface area (Å²) in [5.41, 5.74) is -0.476. The molecule has 3 rings (SSSR count). The number of ether oxygens (including phenoxy) is 2. The van der Waals surface area contributed by atoms with Crippen molar-refractivity contribution in [2.75, 3.05) is 27.4 Å². The molecule has 1 aromatic heterocycles. The van der Waals surface area contributed by atoms with Crippen molar-refractivity contribution in [3.05, 3.63) is 23.7 Å². The van der Waals surface area contributed by atoms with Crippen LogP contribution in [0.25, 0.3) is 0 Å². The monoisotopic (exact) mass is 321 g/mol. The quantitative estimate of drug-likeness (QED) is 0.779. The van der Waals surface area contributed by atoms with Crippen LogP contribution in [0.1, 0.15) is 54.1 Å². The maximum atomic E-state index is 13.1. The first kappa shape index (κ1) is 16.1. The van der Waals surface area contributed by atoms with Gasteiger partial charge in [0.15, 0.2) is 5.54 Å². The Balaban J connectivity index is 1.94. The number of likely N-dealkylation sites (tertiary alicyclic amines) is 1. The van der Waals surface area contributed by atoms with Crippen molar-refractivity contribution >= 4 is 11.9 Å². The van der Waals surface area contributed by atoms with Gasteiger partial charge in [-0.05, 0) is 38.2 Å². The van der Waals surface area contributed by atoms with E-state index in [9.17, 15) is 9.59 Å². The highest BCUT2D eigenvalue weighted by Crippen LogP contribution is 2.43. The van der Waals surface area contributed by atoms with E-state index in [1.807, 2.05) is 0 Å². The summed E-state index contributed by atoms with van der Waals surface area (Å²) in [7, 11) is 2.89. The van der Waals surface area contributed by atoms with E-state index in [4.69, 9.17) is 13.9 Å². The zero-order valence-electron chi connectivity index (χ0n) is 13.7. The lowest BCUT2D eigenvalue weighted by Gasteiger charge is -2.44. The van der Waals surface area contributed by atoms with Gasteiger partial charge in [0.05, 0.1) is 25.5 Å². The molecule has 1 atom stereocenters. The van der Waals surface area contributed by atoms with Crippen LogP contribution in [-0.4, -0.2) is 49.7 Å². The maximum absolute atomic E-state index is 13.1. The number of hydrogen-bond donors (Lipinski definition) is 0. The second-order valence-corrected chi connectivity index (χ2v) is 6.34. The number of nitrogens with zero attached hydrogens (tertiary/aromatic N) is 1. The molecule has 0 radical (unpaired) electrons. The van der Waals surface area contributed by atoms with E-state index in [1.165, 1.54) is 14.2 Å². The van der Waals surface area contributed by atoms with Crippen LogP contribution in [0.5, 0.6) is 0 Å². The summed E-state index contributed by atoms with van der Waals surface area (Å²) in [5.74, 6) is 0.507. The zero-order valence-corrected chi connectivity index (χ0v) is 13.7. The predicted octanol–water partition coefficient (Wildman–Crippen LogP) is 2.34. The van der Waals surface area contributed by atoms with Gasteiger partial charge in [0.2, 0.25) is 0 Å². The van der Waals surface area contributed by atoms with Gasteiger partial charge in [-0.25, -0.2) is 4.79 Å². The van der Waals surface area contributed by atoms with E-state index in [-0.39, 0.29) is 12.5 Å². The number of esters is 1. The molecule has 2 heterocycles. The van der Waals surface area contributed by atoms with E-state index in [2.05, 4.69) is 0 Å². The summed E-state index contributed by atoms with van der Waals surface area (Å²) < 4.78 is 15.8. The van der Waals surface area contributed by atoms with Crippen molar-refractivity contribution in [1.82, 2.24) is 4.90 Å². The Labute approximate surface area is 135 Å². The lowest BCUT2D eigenvalue weighted by molar-refractivity contribution is -0.159. The number of piperidine rings is 1. The largest absolute Gasteiger partial charge is 0.468 e. The minimum absolute atomic E-state index is 0.141. The van der Waals surface area contributed by atoms with Crippen LogP contribution >= 0.6 is 0 Å². The third-order valence-corrected chi connectivity index (χ3v) is 4.81. The molecule has 126 valence electrons. The maximum Gasteiger partial charge on any atom is 0.334 e. The Hall–Kier alpha value is -1.82. The van der Waals surface area contributed by atoms with Crippen LogP contribution in [0.4, 0.5) is 0 Å². The smallest absolute Gasteiger partial charge is 0.334 e. The van der Waals surface area contributed by atoms with Crippen LogP contribution in [0.2, 0.25) is 0 Å². The van der Waals surface area contributed by atoms with Gasteiger partial charge in [0, 0.05) is 19.6 Å². The van der Waals surface area contributed by atoms with Crippen molar-refractivity contribution in [3.63, 3.8) is 0 Å². The van der Waals surface area contributed by atoms with Gasteiger partial charge in [-0.15, -0.1) is 0 Å². The van der Waals surface area contributed by atoms with Crippen LogP contribution in [0.3, 0.4) is 0 Å². The summed E-state index contributed by atoms with van der Waals surface area (Å²) in [4.78, 5) is 27.2. The molecule has 0 N–H and O–H groups in total. The van der Waals surface area contributed by atoms with Crippen LogP contribution < -0.4 is 0 Å². The Morgan fingerprint density at radius 3 is 2.78 bits per heavy atom. The van der Waals surface area contributed by atoms with Crippen molar-refractivity contribution in [3.8, 4) is 0 Å². The number of hydrogen-bond acceptors (Lipinski definition) is 5. The third kappa shape index (κ3) is 2.76. The molecular weight excluding hydrogens is 298 g/mol. The fourth-order valence-electron chi connectivity index (χ4n) is 3.49. The summed E-state index contributed by atoms with van der Waals surface area (Å²) in [6, 6.07) is 1.71. The standard InChI is InChI=1S/C17H23NO5/c1-21-11-17(16(20)22-2)8-3-4-9-18(17)15(19)13-7-10-23-14(13)12-5-6-12/h7,10,12H,3-6,8-9,11H2,1-2H3. The number of carbonyl (C=O) groups excluding carboxylic acids is 2. The van der Waals surface area contributed by atoms with E-state index in [0.29, 0.717) is 24.4 Å². The van der Waals surface area contributed by atoms with Gasteiger partial charge in [-0.3, -0.25) is 4.79 Å². The van der Waals surface area contributed by atoms with E-state index in [1.54, 1.807) is 17.2 Å². The van der Waals surface area contributed by atoms with Gasteiger partial charge >= 0.3 is 5.97 Å². The zero-order chi connectivity index (χ0) is 16.4. The highest BCUT2D eigenvalue weighted by molar-refractivity contribution is 5.99. The first-order chi connectivity index (χ1) is 11.1. The molecule has 2 aliphatic rings. The average Bonchev–Trinajstić information content (AvgIpc) is 3.30. The minimum atomic E-state index is -1.04. The summed E-state index contributed by atoms with van der Waals surface area (Å²) >= 11 is 0. The molecule has 6 heteroatoms. The number of rotatable bonds is 5. The summed E-state index contributed by atoms with van der Waals surface area (Å²) in [5, 5.41) is 0. The molecule has 1 aromatic rings. The van der Waals surface area contributed by atoms with Crippen LogP contribution in [0, 0.1) is 0 Å². The molecule has 2 fully saturated rings. The topological polar surface area (TPSA) is 69.0 Å². The molecule has 1 saturated heterocycles. The highest BCUT2D eigenvalue weighted by Gasteiger charge is 2.50. The molecule has 1 unspecified atom stereocenters. The molecule has 0 bridgehead atoms.